The van der Waals surface area contributed by atoms with E-state index in [1.54, 1.807) is 21.0 Å². The molecular weight excluding hydrogens is 885 g/mol. The molecule has 0 unspecified atom stereocenters. The smallest absolute Gasteiger partial charge is 0.149 e. The van der Waals surface area contributed by atoms with E-state index in [-0.39, 0.29) is 18.3 Å². The van der Waals surface area contributed by atoms with Gasteiger partial charge in [0, 0.05) is 26.6 Å². The molecule has 0 saturated carbocycles. The van der Waals surface area contributed by atoms with Crippen LogP contribution in [0.3, 0.4) is 0 Å². The molecule has 68 heavy (non-hydrogen) atoms. The highest BCUT2D eigenvalue weighted by atomic mass is 32.2. The van der Waals surface area contributed by atoms with Gasteiger partial charge in [-0.1, -0.05) is 150 Å². The van der Waals surface area contributed by atoms with E-state index in [2.05, 4.69) is 145 Å². The molecule has 0 rings (SSSR count). The van der Waals surface area contributed by atoms with E-state index in [0.29, 0.717) is 36.6 Å². The SMILES string of the molecule is C.CC(C)C.CC(C)OC(C)(C)C.CC(C)OC(C)C.CC(C)S(C)(=O)=O.CCC(C)C.CCCC(C)C.CCCCC(C)C.CCCOC(C)C.CCOC(C)C.COC(C)C.CSC(C)C. The van der Waals surface area contributed by atoms with E-state index < -0.39 is 9.84 Å². The third-order valence-electron chi connectivity index (χ3n) is 6.91. The van der Waals surface area contributed by atoms with Gasteiger partial charge in [-0.2, -0.15) is 11.8 Å². The molecule has 0 radical (unpaired) electrons. The maximum absolute atomic E-state index is 10.3. The van der Waals surface area contributed by atoms with Gasteiger partial charge in [0.1, 0.15) is 9.84 Å². The molecule has 0 bridgehead atoms. The molecule has 432 valence electrons. The molecule has 0 saturated heterocycles. The van der Waals surface area contributed by atoms with Gasteiger partial charge in [-0.25, -0.2) is 8.42 Å². The maximum Gasteiger partial charge on any atom is 0.149 e. The minimum absolute atomic E-state index is 0. The fraction of sp³-hybridized carbons (Fsp3) is 1.00. The summed E-state index contributed by atoms with van der Waals surface area (Å²) in [7, 11) is -1.04. The van der Waals surface area contributed by atoms with Crippen LogP contribution in [0.2, 0.25) is 0 Å². The Bertz CT molecular complexity index is 824. The van der Waals surface area contributed by atoms with Crippen LogP contribution in [-0.2, 0) is 33.5 Å². The van der Waals surface area contributed by atoms with Crippen LogP contribution >= 0.6 is 11.8 Å². The molecule has 7 nitrogen and oxygen atoms in total. The van der Waals surface area contributed by atoms with Crippen molar-refractivity contribution in [3.63, 3.8) is 0 Å². The summed E-state index contributed by atoms with van der Waals surface area (Å²) in [6, 6.07) is 0. The second-order valence-electron chi connectivity index (χ2n) is 21.6. The topological polar surface area (TPSA) is 80.3 Å². The number of ether oxygens (including phenoxy) is 5. The fourth-order valence-electron chi connectivity index (χ4n) is 3.13. The van der Waals surface area contributed by atoms with Crippen molar-refractivity contribution < 1.29 is 32.1 Å². The monoisotopic (exact) mass is 1030 g/mol. The molecule has 0 amide bonds. The van der Waals surface area contributed by atoms with Gasteiger partial charge in [0.25, 0.3) is 0 Å². The molecule has 0 aliphatic carbocycles. The van der Waals surface area contributed by atoms with Gasteiger partial charge >= 0.3 is 0 Å². The summed E-state index contributed by atoms with van der Waals surface area (Å²) in [6.07, 6.45) is 14.9. The van der Waals surface area contributed by atoms with E-state index in [9.17, 15) is 8.42 Å². The third kappa shape index (κ3) is 227. The predicted octanol–water partition coefficient (Wildman–Crippen LogP) is 20.1. The lowest BCUT2D eigenvalue weighted by Crippen LogP contribution is -2.23. The Labute approximate surface area is 441 Å². The summed E-state index contributed by atoms with van der Waals surface area (Å²) < 4.78 is 46.3. The average molecular weight is 1030 g/mol. The van der Waals surface area contributed by atoms with Crippen LogP contribution in [0.5, 0.6) is 0 Å². The van der Waals surface area contributed by atoms with Crippen molar-refractivity contribution in [1.29, 1.82) is 0 Å². The zero-order valence-electron chi connectivity index (χ0n) is 53.5. The minimum atomic E-state index is -2.74. The fourth-order valence-corrected chi connectivity index (χ4v) is 3.13. The van der Waals surface area contributed by atoms with Crippen molar-refractivity contribution in [1.82, 2.24) is 0 Å². The molecule has 0 heterocycles. The first-order valence-electron chi connectivity index (χ1n) is 26.9. The van der Waals surface area contributed by atoms with Crippen molar-refractivity contribution in [3.05, 3.63) is 0 Å². The first kappa shape index (κ1) is 97.4. The van der Waals surface area contributed by atoms with E-state index in [4.69, 9.17) is 23.7 Å². The minimum Gasteiger partial charge on any atom is -0.382 e. The lowest BCUT2D eigenvalue weighted by atomic mass is 10.1. The Kier molecular flexibility index (Phi) is 105. The third-order valence-corrected chi connectivity index (χ3v) is 9.56. The molecule has 0 aromatic heterocycles. The second kappa shape index (κ2) is 73.6. The van der Waals surface area contributed by atoms with Crippen LogP contribution in [0.25, 0.3) is 0 Å². The van der Waals surface area contributed by atoms with E-state index in [1.165, 1.54) is 44.8 Å². The zero-order valence-corrected chi connectivity index (χ0v) is 55.1. The highest BCUT2D eigenvalue weighted by Crippen LogP contribution is 2.09. The Morgan fingerprint density at radius 1 is 0.500 bits per heavy atom. The van der Waals surface area contributed by atoms with Gasteiger partial charge in [0.2, 0.25) is 0 Å². The van der Waals surface area contributed by atoms with Crippen LogP contribution in [0, 0.1) is 23.7 Å². The molecule has 0 aliphatic rings. The van der Waals surface area contributed by atoms with Crippen LogP contribution in [-0.4, -0.2) is 94.0 Å². The Balaban J connectivity index is -0.0000000509. The maximum atomic E-state index is 10.3. The van der Waals surface area contributed by atoms with E-state index in [0.717, 1.165) is 48.6 Å². The Morgan fingerprint density at radius 2 is 0.809 bits per heavy atom. The van der Waals surface area contributed by atoms with Gasteiger partial charge in [0.05, 0.1) is 47.5 Å². The Hall–Kier alpha value is 0.1000. The summed E-state index contributed by atoms with van der Waals surface area (Å²) in [5, 5.41) is 0.572. The van der Waals surface area contributed by atoms with E-state index in [1.807, 2.05) is 87.9 Å². The molecule has 0 spiro atoms. The normalized spacial score (nSPS) is 10.5. The number of methoxy groups -OCH3 is 1. The van der Waals surface area contributed by atoms with Crippen LogP contribution < -0.4 is 0 Å². The van der Waals surface area contributed by atoms with Gasteiger partial charge in [-0.3, -0.25) is 0 Å². The number of hydrogen-bond acceptors (Lipinski definition) is 8. The molecule has 0 aromatic rings. The molecule has 0 aliphatic heterocycles. The predicted molar refractivity (Wildman–Crippen MR) is 323 cm³/mol. The highest BCUT2D eigenvalue weighted by Gasteiger charge is 2.11. The van der Waals surface area contributed by atoms with Gasteiger partial charge < -0.3 is 23.7 Å². The van der Waals surface area contributed by atoms with Crippen LogP contribution in [0.1, 0.15) is 281 Å². The first-order chi connectivity index (χ1) is 30.1. The summed E-state index contributed by atoms with van der Waals surface area (Å²) in [6.45, 7) is 70.8. The summed E-state index contributed by atoms with van der Waals surface area (Å²) in [5.74, 6) is 3.52. The summed E-state index contributed by atoms with van der Waals surface area (Å²) >= 11 is 1.88. The number of thioether (sulfide) groups is 1. The van der Waals surface area contributed by atoms with Gasteiger partial charge in [0.15, 0.2) is 0 Å². The lowest BCUT2D eigenvalue weighted by molar-refractivity contribution is -0.0424. The summed E-state index contributed by atoms with van der Waals surface area (Å²) in [4.78, 5) is 0. The standard InChI is InChI=1S/C7H16O.C7H16.2C6H14O.C6H14.C5H12O.C5H12.C4H10O2S.C4H10O.C4H10S.C4H10.CH4/c1-6(2)8-7(3,4)5;1-4-5-6-7(2)3;1-5(2)7-6(3)4;1-4-5-7-6(2)3;1-4-5-6(2)3;1-4-6-5(2)3;1-4-5(2)3;1-4(2)7(3,5)6;2*1-4(2)5-3;1-4(2)3;/h6H,1-5H3;7H,4-6H2,1-3H3;5-6H,1-4H3;6H,4-5H2,1-3H3;6H,4-5H2,1-3H3;5H,4H2,1-3H3;5H,4H2,1-3H3;4H,1-3H3;2*4H,1-3H3;4H,1-3H3;1H4. The van der Waals surface area contributed by atoms with Crippen molar-refractivity contribution in [2.45, 2.75) is 334 Å². The van der Waals surface area contributed by atoms with E-state index >= 15 is 0 Å². The zero-order chi connectivity index (χ0) is 56.5. The van der Waals surface area contributed by atoms with Crippen molar-refractivity contribution in [3.8, 4) is 0 Å². The molecule has 0 fully saturated rings. The van der Waals surface area contributed by atoms with Crippen LogP contribution in [0.15, 0.2) is 0 Å². The molecule has 0 aromatic carbocycles. The number of unbranched alkanes of at least 4 members (excludes halogenated alkanes) is 1. The van der Waals surface area contributed by atoms with Crippen molar-refractivity contribution in [2.24, 2.45) is 23.7 Å². The van der Waals surface area contributed by atoms with Crippen LogP contribution in [0.4, 0.5) is 0 Å². The number of hydrogen-bond donors (Lipinski definition) is 0. The average Bonchev–Trinajstić information content (AvgIpc) is 3.13. The number of sulfone groups is 1. The van der Waals surface area contributed by atoms with Crippen molar-refractivity contribution >= 4 is 21.6 Å². The lowest BCUT2D eigenvalue weighted by Gasteiger charge is -2.22. The molecule has 0 N–H and O–H groups in total. The Morgan fingerprint density at radius 3 is 0.838 bits per heavy atom. The highest BCUT2D eigenvalue weighted by molar-refractivity contribution is 7.99. The van der Waals surface area contributed by atoms with Crippen molar-refractivity contribution in [2.75, 3.05) is 32.8 Å². The molecule has 9 heteroatoms. The largest absolute Gasteiger partial charge is 0.382 e. The van der Waals surface area contributed by atoms with Gasteiger partial charge in [-0.15, -0.1) is 0 Å². The molecule has 0 atom stereocenters. The summed E-state index contributed by atoms with van der Waals surface area (Å²) in [5.41, 5.74) is 0.0220. The van der Waals surface area contributed by atoms with Gasteiger partial charge in [-0.05, 0) is 166 Å². The molecular formula is C59H142O7S2. The number of rotatable bonds is 17. The second-order valence-corrected chi connectivity index (χ2v) is 25.7. The first-order valence-corrected chi connectivity index (χ1v) is 30.2. The quantitative estimate of drug-likeness (QED) is 0.143.